The third kappa shape index (κ3) is 3.27. The highest BCUT2D eigenvalue weighted by molar-refractivity contribution is 5.90. The van der Waals surface area contributed by atoms with Crippen LogP contribution < -0.4 is 5.32 Å². The van der Waals surface area contributed by atoms with Gasteiger partial charge in [-0.2, -0.15) is 13.2 Å². The van der Waals surface area contributed by atoms with E-state index in [2.05, 4.69) is 4.74 Å². The molecule has 110 valence electrons. The molecular formula is C12H12F3NO4. The quantitative estimate of drug-likeness (QED) is 0.857. The van der Waals surface area contributed by atoms with Crippen LogP contribution in [0.1, 0.15) is 5.56 Å². The molecule has 0 bridgehead atoms. The number of halogens is 3. The van der Waals surface area contributed by atoms with Crippen molar-refractivity contribution in [3.05, 3.63) is 35.9 Å². The second-order valence-electron chi connectivity index (χ2n) is 3.96. The molecule has 0 aliphatic rings. The molecule has 20 heavy (non-hydrogen) atoms. The minimum Gasteiger partial charge on any atom is -0.479 e. The summed E-state index contributed by atoms with van der Waals surface area (Å²) in [5.41, 5.74) is -2.32. The van der Waals surface area contributed by atoms with Crippen LogP contribution in [0.4, 0.5) is 13.2 Å². The van der Waals surface area contributed by atoms with Crippen molar-refractivity contribution >= 4 is 11.9 Å². The minimum absolute atomic E-state index is 0.0213. The maximum atomic E-state index is 12.4. The molecule has 0 saturated heterocycles. The monoisotopic (exact) mass is 291 g/mol. The molecule has 0 heterocycles. The van der Waals surface area contributed by atoms with Gasteiger partial charge in [-0.25, -0.2) is 4.79 Å². The Morgan fingerprint density at radius 2 is 1.80 bits per heavy atom. The molecule has 0 aliphatic carbocycles. The first-order chi connectivity index (χ1) is 9.24. The molecule has 0 aromatic heterocycles. The van der Waals surface area contributed by atoms with Gasteiger partial charge in [0.15, 0.2) is 5.54 Å². The van der Waals surface area contributed by atoms with Gasteiger partial charge in [0.25, 0.3) is 0 Å². The average molecular weight is 291 g/mol. The van der Waals surface area contributed by atoms with E-state index in [1.165, 1.54) is 29.6 Å². The molecule has 1 unspecified atom stereocenters. The predicted octanol–water partition coefficient (Wildman–Crippen LogP) is 1.29. The normalized spacial score (nSPS) is 14.4. The molecule has 5 nitrogen and oxygen atoms in total. The van der Waals surface area contributed by atoms with Gasteiger partial charge in [0.2, 0.25) is 0 Å². The molecule has 0 radical (unpaired) electrons. The lowest BCUT2D eigenvalue weighted by Crippen LogP contribution is -2.57. The number of nitrogens with one attached hydrogen (secondary N) is 1. The van der Waals surface area contributed by atoms with E-state index in [-0.39, 0.29) is 5.56 Å². The van der Waals surface area contributed by atoms with Crippen molar-refractivity contribution in [2.24, 2.45) is 0 Å². The Morgan fingerprint density at radius 1 is 1.25 bits per heavy atom. The summed E-state index contributed by atoms with van der Waals surface area (Å²) in [6.07, 6.45) is -5.19. The van der Waals surface area contributed by atoms with Crippen LogP contribution in [0.15, 0.2) is 30.3 Å². The van der Waals surface area contributed by atoms with Crippen LogP contribution in [0.25, 0.3) is 0 Å². The molecule has 0 saturated carbocycles. The maximum absolute atomic E-state index is 12.4. The topological polar surface area (TPSA) is 75.6 Å². The Labute approximate surface area is 112 Å². The average Bonchev–Trinajstić information content (AvgIpc) is 2.37. The molecule has 1 aromatic carbocycles. The summed E-state index contributed by atoms with van der Waals surface area (Å²) >= 11 is 0. The van der Waals surface area contributed by atoms with Crippen molar-refractivity contribution < 1.29 is 32.6 Å². The maximum Gasteiger partial charge on any atom is 0.471 e. The van der Waals surface area contributed by atoms with E-state index < -0.39 is 30.2 Å². The Morgan fingerprint density at radius 3 is 2.20 bits per heavy atom. The molecule has 2 N–H and O–H groups in total. The summed E-state index contributed by atoms with van der Waals surface area (Å²) in [5.74, 6) is -4.00. The summed E-state index contributed by atoms with van der Waals surface area (Å²) in [4.78, 5) is 22.5. The van der Waals surface area contributed by atoms with Gasteiger partial charge < -0.3 is 15.2 Å². The lowest BCUT2D eigenvalue weighted by atomic mass is 9.90. The molecule has 0 spiro atoms. The number of amides is 1. The number of hydrogen-bond acceptors (Lipinski definition) is 3. The third-order valence-corrected chi connectivity index (χ3v) is 2.58. The molecule has 1 rings (SSSR count). The first-order valence-electron chi connectivity index (χ1n) is 5.41. The first kappa shape index (κ1) is 16.0. The van der Waals surface area contributed by atoms with E-state index in [9.17, 15) is 27.9 Å². The van der Waals surface area contributed by atoms with Gasteiger partial charge in [0.1, 0.15) is 0 Å². The fraction of sp³-hybridized carbons (Fsp3) is 0.333. The van der Waals surface area contributed by atoms with Gasteiger partial charge in [-0.05, 0) is 5.56 Å². The lowest BCUT2D eigenvalue weighted by molar-refractivity contribution is -0.179. The van der Waals surface area contributed by atoms with Crippen molar-refractivity contribution in [3.63, 3.8) is 0 Å². The van der Waals surface area contributed by atoms with Gasteiger partial charge in [-0.15, -0.1) is 0 Å². The summed E-state index contributed by atoms with van der Waals surface area (Å²) in [7, 11) is 1.13. The second-order valence-corrected chi connectivity index (χ2v) is 3.96. The smallest absolute Gasteiger partial charge is 0.471 e. The number of rotatable bonds is 5. The van der Waals surface area contributed by atoms with Crippen molar-refractivity contribution in [3.8, 4) is 0 Å². The first-order valence-corrected chi connectivity index (χ1v) is 5.41. The van der Waals surface area contributed by atoms with E-state index >= 15 is 0 Å². The SMILES string of the molecule is COCC(NC(=O)C(F)(F)F)(C(=O)O)c1ccccc1. The zero-order chi connectivity index (χ0) is 15.4. The highest BCUT2D eigenvalue weighted by atomic mass is 19.4. The van der Waals surface area contributed by atoms with Crippen LogP contribution in [-0.2, 0) is 19.9 Å². The van der Waals surface area contributed by atoms with E-state index in [1.54, 1.807) is 6.07 Å². The summed E-state index contributed by atoms with van der Waals surface area (Å²) in [6.45, 7) is -0.645. The molecule has 1 amide bonds. The van der Waals surface area contributed by atoms with Gasteiger partial charge in [0.05, 0.1) is 6.61 Å². The number of alkyl halides is 3. The summed E-state index contributed by atoms with van der Waals surface area (Å²) < 4.78 is 41.7. The number of carbonyl (C=O) groups excluding carboxylic acids is 1. The van der Waals surface area contributed by atoms with Gasteiger partial charge in [0, 0.05) is 7.11 Å². The van der Waals surface area contributed by atoms with Crippen molar-refractivity contribution in [1.82, 2.24) is 5.32 Å². The Balaban J connectivity index is 3.27. The number of aliphatic carboxylic acids is 1. The van der Waals surface area contributed by atoms with E-state index in [0.717, 1.165) is 7.11 Å². The number of carbonyl (C=O) groups is 2. The highest BCUT2D eigenvalue weighted by Gasteiger charge is 2.49. The number of carboxylic acids is 1. The number of hydrogen-bond donors (Lipinski definition) is 2. The Bertz CT molecular complexity index is 489. The fourth-order valence-corrected chi connectivity index (χ4v) is 1.63. The Kier molecular flexibility index (Phi) is 4.72. The molecule has 8 heteroatoms. The minimum atomic E-state index is -5.19. The van der Waals surface area contributed by atoms with E-state index in [4.69, 9.17) is 0 Å². The number of ether oxygens (including phenoxy) is 1. The van der Waals surface area contributed by atoms with Crippen LogP contribution in [0.3, 0.4) is 0 Å². The Hall–Kier alpha value is -2.09. The molecule has 1 atom stereocenters. The second kappa shape index (κ2) is 5.91. The summed E-state index contributed by atoms with van der Waals surface area (Å²) in [6, 6.07) is 7.05. The summed E-state index contributed by atoms with van der Waals surface area (Å²) in [5, 5.41) is 10.8. The predicted molar refractivity (Wildman–Crippen MR) is 61.8 cm³/mol. The zero-order valence-corrected chi connectivity index (χ0v) is 10.4. The largest absolute Gasteiger partial charge is 0.479 e. The van der Waals surface area contributed by atoms with E-state index in [1.807, 2.05) is 0 Å². The molecular weight excluding hydrogens is 279 g/mol. The number of carboxylic acid groups (broad SMARTS) is 1. The number of benzene rings is 1. The molecule has 0 fully saturated rings. The zero-order valence-electron chi connectivity index (χ0n) is 10.4. The standard InChI is InChI=1S/C12H12F3NO4/c1-20-7-11(10(18)19,8-5-3-2-4-6-8)16-9(17)12(13,14)15/h2-6H,7H2,1H3,(H,16,17)(H,18,19). The molecule has 1 aromatic rings. The number of methoxy groups -OCH3 is 1. The van der Waals surface area contributed by atoms with Crippen LogP contribution >= 0.6 is 0 Å². The molecule has 0 aliphatic heterocycles. The van der Waals surface area contributed by atoms with Crippen molar-refractivity contribution in [1.29, 1.82) is 0 Å². The lowest BCUT2D eigenvalue weighted by Gasteiger charge is -2.30. The van der Waals surface area contributed by atoms with Gasteiger partial charge >= 0.3 is 18.1 Å². The van der Waals surface area contributed by atoms with Crippen LogP contribution in [0.2, 0.25) is 0 Å². The highest BCUT2D eigenvalue weighted by Crippen LogP contribution is 2.25. The van der Waals surface area contributed by atoms with Gasteiger partial charge in [-0.3, -0.25) is 4.79 Å². The van der Waals surface area contributed by atoms with Crippen LogP contribution in [0.5, 0.6) is 0 Å². The van der Waals surface area contributed by atoms with Crippen LogP contribution in [0, 0.1) is 0 Å². The van der Waals surface area contributed by atoms with Crippen molar-refractivity contribution in [2.75, 3.05) is 13.7 Å². The third-order valence-electron chi connectivity index (χ3n) is 2.58. The van der Waals surface area contributed by atoms with Crippen molar-refractivity contribution in [2.45, 2.75) is 11.7 Å². The van der Waals surface area contributed by atoms with Crippen LogP contribution in [-0.4, -0.2) is 36.9 Å². The van der Waals surface area contributed by atoms with E-state index in [0.29, 0.717) is 0 Å². The fourth-order valence-electron chi connectivity index (χ4n) is 1.63. The van der Waals surface area contributed by atoms with Gasteiger partial charge in [-0.1, -0.05) is 30.3 Å².